The molecule has 1 aliphatic rings. The van der Waals surface area contributed by atoms with E-state index in [1.807, 2.05) is 6.07 Å². The van der Waals surface area contributed by atoms with Crippen LogP contribution in [0.25, 0.3) is 0 Å². The number of nitriles is 1. The summed E-state index contributed by atoms with van der Waals surface area (Å²) in [6.07, 6.45) is -0.117. The molecule has 0 amide bonds. The van der Waals surface area contributed by atoms with Gasteiger partial charge in [-0.1, -0.05) is 0 Å². The molecule has 1 unspecified atom stereocenters. The van der Waals surface area contributed by atoms with E-state index in [0.717, 1.165) is 0 Å². The third kappa shape index (κ3) is 2.25. The maximum absolute atomic E-state index is 12.3. The number of hydrogen-bond donors (Lipinski definition) is 1. The zero-order valence-corrected chi connectivity index (χ0v) is 10.8. The molecule has 1 saturated heterocycles. The van der Waals surface area contributed by atoms with E-state index >= 15 is 0 Å². The molecule has 0 bridgehead atoms. The van der Waals surface area contributed by atoms with Crippen LogP contribution in [-0.4, -0.2) is 37.0 Å². The van der Waals surface area contributed by atoms with Crippen LogP contribution in [0.3, 0.4) is 0 Å². The van der Waals surface area contributed by atoms with Crippen molar-refractivity contribution in [1.82, 2.24) is 4.31 Å². The number of hydrogen-bond acceptors (Lipinski definition) is 4. The number of benzene rings is 1. The smallest absolute Gasteiger partial charge is 0.243 e. The maximum Gasteiger partial charge on any atom is 0.243 e. The fourth-order valence-electron chi connectivity index (χ4n) is 2.00. The highest BCUT2D eigenvalue weighted by molar-refractivity contribution is 7.89. The summed E-state index contributed by atoms with van der Waals surface area (Å²) < 4.78 is 25.8. The zero-order chi connectivity index (χ0) is 13.3. The van der Waals surface area contributed by atoms with Crippen molar-refractivity contribution in [1.29, 1.82) is 5.26 Å². The van der Waals surface area contributed by atoms with Gasteiger partial charge in [-0.15, -0.1) is 0 Å². The van der Waals surface area contributed by atoms with Crippen molar-refractivity contribution >= 4 is 10.0 Å². The molecule has 5 nitrogen and oxygen atoms in total. The summed E-state index contributed by atoms with van der Waals surface area (Å²) in [7, 11) is -3.56. The number of β-amino-alcohol motifs (C(OH)–C–C–N with tert-alkyl or cyclic N) is 1. The van der Waals surface area contributed by atoms with E-state index in [4.69, 9.17) is 5.26 Å². The molecule has 6 heteroatoms. The predicted molar refractivity (Wildman–Crippen MR) is 65.3 cm³/mol. The molecule has 18 heavy (non-hydrogen) atoms. The molecule has 0 radical (unpaired) electrons. The highest BCUT2D eigenvalue weighted by Crippen LogP contribution is 2.22. The lowest BCUT2D eigenvalue weighted by atomic mass is 10.1. The Morgan fingerprint density at radius 2 is 2.22 bits per heavy atom. The molecular weight excluding hydrogens is 252 g/mol. The molecule has 1 heterocycles. The molecule has 1 N–H and O–H groups in total. The van der Waals surface area contributed by atoms with Gasteiger partial charge in [0.1, 0.15) is 0 Å². The fraction of sp³-hybridized carbons (Fsp3) is 0.417. The van der Waals surface area contributed by atoms with E-state index in [-0.39, 0.29) is 11.4 Å². The van der Waals surface area contributed by atoms with Crippen molar-refractivity contribution in [3.8, 4) is 6.07 Å². The number of nitrogens with zero attached hydrogens (tertiary/aromatic N) is 2. The number of aryl methyl sites for hydroxylation is 1. The van der Waals surface area contributed by atoms with Crippen molar-refractivity contribution in [2.24, 2.45) is 0 Å². The van der Waals surface area contributed by atoms with Crippen LogP contribution in [0.1, 0.15) is 17.5 Å². The second-order valence-electron chi connectivity index (χ2n) is 4.39. The number of aliphatic hydroxyl groups excluding tert-OH is 1. The molecule has 0 spiro atoms. The summed E-state index contributed by atoms with van der Waals surface area (Å²) in [5.41, 5.74) is 1.11. The first-order chi connectivity index (χ1) is 8.45. The molecule has 0 aromatic heterocycles. The van der Waals surface area contributed by atoms with Gasteiger partial charge in [0.2, 0.25) is 10.0 Å². The largest absolute Gasteiger partial charge is 0.392 e. The molecule has 1 atom stereocenters. The van der Waals surface area contributed by atoms with Crippen molar-refractivity contribution in [2.75, 3.05) is 13.1 Å². The van der Waals surface area contributed by atoms with Gasteiger partial charge in [-0.25, -0.2) is 8.42 Å². The van der Waals surface area contributed by atoms with E-state index in [0.29, 0.717) is 24.1 Å². The van der Waals surface area contributed by atoms with Crippen LogP contribution in [-0.2, 0) is 10.0 Å². The van der Waals surface area contributed by atoms with Crippen LogP contribution >= 0.6 is 0 Å². The van der Waals surface area contributed by atoms with E-state index in [2.05, 4.69) is 0 Å². The monoisotopic (exact) mass is 266 g/mol. The molecule has 1 aromatic carbocycles. The molecule has 0 saturated carbocycles. The SMILES string of the molecule is Cc1cc(S(=O)(=O)N2CCC(O)C2)ccc1C#N. The van der Waals surface area contributed by atoms with E-state index in [1.54, 1.807) is 6.92 Å². The summed E-state index contributed by atoms with van der Waals surface area (Å²) in [5.74, 6) is 0. The van der Waals surface area contributed by atoms with E-state index in [1.165, 1.54) is 22.5 Å². The number of sulfonamides is 1. The lowest BCUT2D eigenvalue weighted by Crippen LogP contribution is -2.29. The van der Waals surface area contributed by atoms with Gasteiger partial charge < -0.3 is 5.11 Å². The van der Waals surface area contributed by atoms with Gasteiger partial charge in [0.15, 0.2) is 0 Å². The zero-order valence-electron chi connectivity index (χ0n) is 10.00. The first-order valence-corrected chi connectivity index (χ1v) is 7.08. The summed E-state index contributed by atoms with van der Waals surface area (Å²) in [4.78, 5) is 0.174. The molecule has 1 fully saturated rings. The van der Waals surface area contributed by atoms with Gasteiger partial charge in [0.05, 0.1) is 22.6 Å². The third-order valence-electron chi connectivity index (χ3n) is 3.08. The molecule has 0 aliphatic carbocycles. The van der Waals surface area contributed by atoms with Crippen molar-refractivity contribution in [2.45, 2.75) is 24.3 Å². The Hall–Kier alpha value is -1.42. The summed E-state index contributed by atoms with van der Waals surface area (Å²) >= 11 is 0. The van der Waals surface area contributed by atoms with Crippen LogP contribution < -0.4 is 0 Å². The summed E-state index contributed by atoms with van der Waals surface area (Å²) in [6.45, 7) is 2.18. The van der Waals surface area contributed by atoms with Gasteiger partial charge in [-0.05, 0) is 37.1 Å². The maximum atomic E-state index is 12.3. The highest BCUT2D eigenvalue weighted by atomic mass is 32.2. The van der Waals surface area contributed by atoms with Crippen LogP contribution in [0.15, 0.2) is 23.1 Å². The standard InChI is InChI=1S/C12H14N2O3S/c1-9-6-12(3-2-10(9)7-13)18(16,17)14-5-4-11(15)8-14/h2-3,6,11,15H,4-5,8H2,1H3. The van der Waals surface area contributed by atoms with Gasteiger partial charge in [0.25, 0.3) is 0 Å². The Bertz CT molecular complexity index is 604. The quantitative estimate of drug-likeness (QED) is 0.851. The predicted octanol–water partition coefficient (Wildman–Crippen LogP) is 0.622. The van der Waals surface area contributed by atoms with Crippen molar-refractivity contribution in [3.63, 3.8) is 0 Å². The number of rotatable bonds is 2. The van der Waals surface area contributed by atoms with Gasteiger partial charge in [-0.2, -0.15) is 9.57 Å². The Morgan fingerprint density at radius 3 is 2.72 bits per heavy atom. The first kappa shape index (κ1) is 13.0. The second-order valence-corrected chi connectivity index (χ2v) is 6.33. The molecule has 1 aromatic rings. The topological polar surface area (TPSA) is 81.4 Å². The second kappa shape index (κ2) is 4.69. The normalized spacial score (nSPS) is 20.8. The molecule has 96 valence electrons. The Kier molecular flexibility index (Phi) is 3.39. The van der Waals surface area contributed by atoms with E-state index < -0.39 is 16.1 Å². The van der Waals surface area contributed by atoms with Crippen molar-refractivity contribution in [3.05, 3.63) is 29.3 Å². The third-order valence-corrected chi connectivity index (χ3v) is 4.94. The van der Waals surface area contributed by atoms with Crippen molar-refractivity contribution < 1.29 is 13.5 Å². The minimum atomic E-state index is -3.56. The van der Waals surface area contributed by atoms with Crippen LogP contribution in [0.2, 0.25) is 0 Å². The summed E-state index contributed by atoms with van der Waals surface area (Å²) in [5, 5.41) is 18.2. The fourth-order valence-corrected chi connectivity index (χ4v) is 3.58. The lowest BCUT2D eigenvalue weighted by Gasteiger charge is -2.16. The van der Waals surface area contributed by atoms with Crippen LogP contribution in [0.5, 0.6) is 0 Å². The molecular formula is C12H14N2O3S. The van der Waals surface area contributed by atoms with Crippen LogP contribution in [0, 0.1) is 18.3 Å². The molecule has 1 aliphatic heterocycles. The minimum absolute atomic E-state index is 0.140. The van der Waals surface area contributed by atoms with E-state index in [9.17, 15) is 13.5 Å². The summed E-state index contributed by atoms with van der Waals surface area (Å²) in [6, 6.07) is 6.45. The first-order valence-electron chi connectivity index (χ1n) is 5.64. The molecule has 2 rings (SSSR count). The minimum Gasteiger partial charge on any atom is -0.392 e. The Balaban J connectivity index is 2.37. The lowest BCUT2D eigenvalue weighted by molar-refractivity contribution is 0.189. The van der Waals surface area contributed by atoms with Crippen LogP contribution in [0.4, 0.5) is 0 Å². The average molecular weight is 266 g/mol. The van der Waals surface area contributed by atoms with Gasteiger partial charge >= 0.3 is 0 Å². The van der Waals surface area contributed by atoms with Gasteiger partial charge in [-0.3, -0.25) is 0 Å². The Morgan fingerprint density at radius 1 is 1.50 bits per heavy atom. The average Bonchev–Trinajstić information content (AvgIpc) is 2.76. The number of aliphatic hydroxyl groups is 1. The highest BCUT2D eigenvalue weighted by Gasteiger charge is 2.31. The Labute approximate surface area is 106 Å². The van der Waals surface area contributed by atoms with Gasteiger partial charge in [0, 0.05) is 13.1 Å².